The highest BCUT2D eigenvalue weighted by Crippen LogP contribution is 2.25. The summed E-state index contributed by atoms with van der Waals surface area (Å²) < 4.78 is 1.29. The number of nitrogens with zero attached hydrogens (tertiary/aromatic N) is 4. The molecule has 0 aliphatic carbocycles. The largest absolute Gasteiger partial charge is 0.389 e. The summed E-state index contributed by atoms with van der Waals surface area (Å²) in [4.78, 5) is 24.5. The maximum atomic E-state index is 12.6. The molecule has 24 heavy (non-hydrogen) atoms. The van der Waals surface area contributed by atoms with Gasteiger partial charge in [-0.25, -0.2) is 0 Å². The highest BCUT2D eigenvalue weighted by molar-refractivity contribution is 6.30. The highest BCUT2D eigenvalue weighted by atomic mass is 35.5. The van der Waals surface area contributed by atoms with Gasteiger partial charge in [-0.2, -0.15) is 4.68 Å². The van der Waals surface area contributed by atoms with E-state index < -0.39 is 4.92 Å². The molecule has 0 radical (unpaired) electrons. The number of halogens is 1. The Morgan fingerprint density at radius 2 is 2.29 bits per heavy atom. The van der Waals surface area contributed by atoms with Crippen molar-refractivity contribution in [3.63, 3.8) is 0 Å². The summed E-state index contributed by atoms with van der Waals surface area (Å²) in [7, 11) is 0. The Morgan fingerprint density at radius 1 is 1.46 bits per heavy atom. The Morgan fingerprint density at radius 3 is 3.00 bits per heavy atom. The molecule has 3 rings (SSSR count). The van der Waals surface area contributed by atoms with Crippen LogP contribution < -0.4 is 5.32 Å². The van der Waals surface area contributed by atoms with Crippen LogP contribution in [-0.4, -0.2) is 45.1 Å². The third-order valence-electron chi connectivity index (χ3n) is 3.91. The van der Waals surface area contributed by atoms with Crippen molar-refractivity contribution in [3.05, 3.63) is 57.2 Å². The summed E-state index contributed by atoms with van der Waals surface area (Å²) in [6.45, 7) is 1.84. The number of aromatic nitrogens is 2. The zero-order chi connectivity index (χ0) is 17.1. The average molecular weight is 350 g/mol. The van der Waals surface area contributed by atoms with E-state index in [-0.39, 0.29) is 24.3 Å². The lowest BCUT2D eigenvalue weighted by atomic mass is 10.0. The van der Waals surface area contributed by atoms with E-state index in [9.17, 15) is 14.9 Å². The Hall–Kier alpha value is -2.45. The third kappa shape index (κ3) is 3.55. The number of hydrogen-bond donors (Lipinski definition) is 1. The van der Waals surface area contributed by atoms with E-state index in [1.165, 1.54) is 16.9 Å². The molecule has 0 bridgehead atoms. The smallest absolute Gasteiger partial charge is 0.358 e. The van der Waals surface area contributed by atoms with E-state index >= 15 is 0 Å². The number of rotatable bonds is 4. The number of hydrogen-bond acceptors (Lipinski definition) is 5. The van der Waals surface area contributed by atoms with Gasteiger partial charge in [0.15, 0.2) is 0 Å². The molecule has 1 saturated heterocycles. The third-order valence-corrected chi connectivity index (χ3v) is 4.14. The molecule has 9 heteroatoms. The molecule has 1 amide bonds. The van der Waals surface area contributed by atoms with Crippen molar-refractivity contribution in [2.75, 3.05) is 19.6 Å². The Kier molecular flexibility index (Phi) is 4.77. The molecule has 1 aliphatic heterocycles. The fourth-order valence-corrected chi connectivity index (χ4v) is 2.98. The van der Waals surface area contributed by atoms with Crippen molar-refractivity contribution in [1.29, 1.82) is 0 Å². The van der Waals surface area contributed by atoms with Crippen LogP contribution in [0.5, 0.6) is 0 Å². The molecule has 1 aromatic carbocycles. The number of nitro groups is 1. The van der Waals surface area contributed by atoms with Gasteiger partial charge in [0.2, 0.25) is 5.91 Å². The first-order valence-corrected chi connectivity index (χ1v) is 7.86. The molecule has 1 atom stereocenters. The van der Waals surface area contributed by atoms with Crippen LogP contribution in [0.1, 0.15) is 11.6 Å². The fourth-order valence-electron chi connectivity index (χ4n) is 2.78. The predicted molar refractivity (Wildman–Crippen MR) is 87.7 cm³/mol. The standard InChI is InChI=1S/C15H16ClN5O3/c16-12-3-1-2-11(8-12)13-9-17-5-7-20(13)15(22)10-19-6-4-14(18-19)21(23)24/h1-4,6,8,13,17H,5,7,9-10H2. The van der Waals surface area contributed by atoms with Gasteiger partial charge in [-0.05, 0) is 22.6 Å². The molecule has 126 valence electrons. The van der Waals surface area contributed by atoms with Crippen molar-refractivity contribution in [3.8, 4) is 0 Å². The van der Waals surface area contributed by atoms with Gasteiger partial charge >= 0.3 is 5.82 Å². The summed E-state index contributed by atoms with van der Waals surface area (Å²) in [5.74, 6) is -0.408. The summed E-state index contributed by atoms with van der Waals surface area (Å²) in [5.41, 5.74) is 0.953. The molecule has 1 fully saturated rings. The summed E-state index contributed by atoms with van der Waals surface area (Å²) in [5, 5.41) is 18.4. The minimum absolute atomic E-state index is 0.0368. The molecule has 1 aromatic heterocycles. The lowest BCUT2D eigenvalue weighted by Crippen LogP contribution is -2.49. The minimum Gasteiger partial charge on any atom is -0.358 e. The number of nitrogens with one attached hydrogen (secondary N) is 1. The molecular formula is C15H16ClN5O3. The van der Waals surface area contributed by atoms with Crippen molar-refractivity contribution < 1.29 is 9.72 Å². The maximum absolute atomic E-state index is 12.6. The average Bonchev–Trinajstić information content (AvgIpc) is 3.03. The van der Waals surface area contributed by atoms with Crippen LogP contribution >= 0.6 is 11.6 Å². The first-order chi connectivity index (χ1) is 11.5. The number of carbonyl (C=O) groups is 1. The second kappa shape index (κ2) is 6.98. The quantitative estimate of drug-likeness (QED) is 0.668. The molecule has 1 unspecified atom stereocenters. The monoisotopic (exact) mass is 349 g/mol. The molecule has 2 aromatic rings. The molecule has 0 saturated carbocycles. The second-order valence-electron chi connectivity index (χ2n) is 5.49. The normalized spacial score (nSPS) is 17.7. The zero-order valence-corrected chi connectivity index (χ0v) is 13.5. The minimum atomic E-state index is -0.583. The van der Waals surface area contributed by atoms with E-state index in [4.69, 9.17) is 11.6 Å². The van der Waals surface area contributed by atoms with Gasteiger partial charge in [0, 0.05) is 24.7 Å². The highest BCUT2D eigenvalue weighted by Gasteiger charge is 2.28. The second-order valence-corrected chi connectivity index (χ2v) is 5.93. The Bertz CT molecular complexity index is 763. The Labute approximate surface area is 143 Å². The van der Waals surface area contributed by atoms with Crippen LogP contribution in [0, 0.1) is 10.1 Å². The van der Waals surface area contributed by atoms with Gasteiger partial charge in [-0.3, -0.25) is 4.79 Å². The van der Waals surface area contributed by atoms with E-state index in [2.05, 4.69) is 10.4 Å². The van der Waals surface area contributed by atoms with Gasteiger partial charge in [0.25, 0.3) is 0 Å². The van der Waals surface area contributed by atoms with Gasteiger partial charge in [0.1, 0.15) is 6.54 Å². The van der Waals surface area contributed by atoms with Crippen LogP contribution in [0.4, 0.5) is 5.82 Å². The van der Waals surface area contributed by atoms with Crippen molar-refractivity contribution in [2.24, 2.45) is 0 Å². The van der Waals surface area contributed by atoms with Gasteiger partial charge in [-0.1, -0.05) is 23.7 Å². The van der Waals surface area contributed by atoms with Crippen LogP contribution in [-0.2, 0) is 11.3 Å². The van der Waals surface area contributed by atoms with Crippen molar-refractivity contribution >= 4 is 23.3 Å². The molecule has 1 aliphatic rings. The van der Waals surface area contributed by atoms with E-state index in [0.717, 1.165) is 5.56 Å². The van der Waals surface area contributed by atoms with E-state index in [0.29, 0.717) is 24.7 Å². The molecule has 8 nitrogen and oxygen atoms in total. The van der Waals surface area contributed by atoms with Crippen molar-refractivity contribution in [1.82, 2.24) is 20.0 Å². The van der Waals surface area contributed by atoms with Gasteiger partial charge in [-0.15, -0.1) is 0 Å². The lowest BCUT2D eigenvalue weighted by Gasteiger charge is -2.36. The SMILES string of the molecule is O=C(Cn1ccc([N+](=O)[O-])n1)N1CCNCC1c1cccc(Cl)c1. The maximum Gasteiger partial charge on any atom is 0.389 e. The van der Waals surface area contributed by atoms with Crippen LogP contribution in [0.3, 0.4) is 0 Å². The summed E-state index contributed by atoms with van der Waals surface area (Å²) >= 11 is 6.05. The fraction of sp³-hybridized carbons (Fsp3) is 0.333. The lowest BCUT2D eigenvalue weighted by molar-refractivity contribution is -0.389. The molecule has 1 N–H and O–H groups in total. The number of benzene rings is 1. The summed E-state index contributed by atoms with van der Waals surface area (Å²) in [6.07, 6.45) is 1.44. The predicted octanol–water partition coefficient (Wildman–Crippen LogP) is 1.62. The van der Waals surface area contributed by atoms with Gasteiger partial charge < -0.3 is 20.3 Å². The van der Waals surface area contributed by atoms with E-state index in [1.807, 2.05) is 18.2 Å². The van der Waals surface area contributed by atoms with Crippen molar-refractivity contribution in [2.45, 2.75) is 12.6 Å². The zero-order valence-electron chi connectivity index (χ0n) is 12.8. The van der Waals surface area contributed by atoms with E-state index in [1.54, 1.807) is 11.0 Å². The van der Waals surface area contributed by atoms with Crippen LogP contribution in [0.25, 0.3) is 0 Å². The number of amides is 1. The molecule has 2 heterocycles. The molecular weight excluding hydrogens is 334 g/mol. The van der Waals surface area contributed by atoms with Gasteiger partial charge in [0.05, 0.1) is 23.4 Å². The topological polar surface area (TPSA) is 93.3 Å². The summed E-state index contributed by atoms with van der Waals surface area (Å²) in [6, 6.07) is 8.57. The number of piperazine rings is 1. The first-order valence-electron chi connectivity index (χ1n) is 7.48. The van der Waals surface area contributed by atoms with Crippen LogP contribution in [0.2, 0.25) is 5.02 Å². The van der Waals surface area contributed by atoms with Crippen LogP contribution in [0.15, 0.2) is 36.5 Å². The first kappa shape index (κ1) is 16.4. The Balaban J connectivity index is 1.76. The number of carbonyl (C=O) groups excluding carboxylic acids is 1. The molecule has 0 spiro atoms.